The van der Waals surface area contributed by atoms with Gasteiger partial charge in [0, 0.05) is 19.6 Å². The van der Waals surface area contributed by atoms with Gasteiger partial charge in [0.25, 0.3) is 0 Å². The zero-order chi connectivity index (χ0) is 29.4. The van der Waals surface area contributed by atoms with Crippen LogP contribution in [-0.2, 0) is 38.7 Å². The Hall–Kier alpha value is -2.25. The van der Waals surface area contributed by atoms with Crippen LogP contribution >= 0.6 is 34.8 Å². The molecular formula is C24H27Cl3O10S2. The summed E-state index contributed by atoms with van der Waals surface area (Å²) in [4.78, 5) is 22.2. The summed E-state index contributed by atoms with van der Waals surface area (Å²) >= 11 is 18.3. The molecule has 2 aromatic carbocycles. The second-order valence-corrected chi connectivity index (χ2v) is 13.6. The van der Waals surface area contributed by atoms with Crippen LogP contribution in [0, 0.1) is 0 Å². The predicted octanol–water partition coefficient (Wildman–Crippen LogP) is 4.12. The third-order valence-corrected chi connectivity index (χ3v) is 9.40. The van der Waals surface area contributed by atoms with Crippen LogP contribution < -0.4 is 9.47 Å². The third-order valence-electron chi connectivity index (χ3n) is 4.98. The molecule has 0 saturated heterocycles. The van der Waals surface area contributed by atoms with Crippen molar-refractivity contribution in [1.82, 2.24) is 0 Å². The van der Waals surface area contributed by atoms with E-state index in [1.54, 1.807) is 0 Å². The maximum absolute atomic E-state index is 13.2. The summed E-state index contributed by atoms with van der Waals surface area (Å²) in [5.74, 6) is -1.59. The van der Waals surface area contributed by atoms with Gasteiger partial charge in [-0.3, -0.25) is 9.59 Å². The van der Waals surface area contributed by atoms with Gasteiger partial charge in [0.2, 0.25) is 9.84 Å². The van der Waals surface area contributed by atoms with E-state index in [2.05, 4.69) is 0 Å². The second-order valence-electron chi connectivity index (χ2n) is 8.13. The molecule has 0 unspecified atom stereocenters. The molecule has 0 heterocycles. The van der Waals surface area contributed by atoms with E-state index < -0.39 is 49.6 Å². The summed E-state index contributed by atoms with van der Waals surface area (Å²) < 4.78 is 71.3. The zero-order valence-electron chi connectivity index (χ0n) is 21.2. The maximum atomic E-state index is 13.2. The average Bonchev–Trinajstić information content (AvgIpc) is 2.85. The van der Waals surface area contributed by atoms with Crippen LogP contribution in [0.3, 0.4) is 0 Å². The summed E-state index contributed by atoms with van der Waals surface area (Å²) in [6, 6.07) is 7.75. The van der Waals surface area contributed by atoms with Gasteiger partial charge in [-0.15, -0.1) is 11.6 Å². The van der Waals surface area contributed by atoms with Gasteiger partial charge in [0.15, 0.2) is 15.6 Å². The van der Waals surface area contributed by atoms with Crippen molar-refractivity contribution in [3.8, 4) is 11.5 Å². The molecule has 0 fully saturated rings. The van der Waals surface area contributed by atoms with Crippen molar-refractivity contribution < 1.29 is 45.4 Å². The van der Waals surface area contributed by atoms with Crippen molar-refractivity contribution in [1.29, 1.82) is 0 Å². The first-order chi connectivity index (χ1) is 18.2. The Morgan fingerprint density at radius 2 is 1.33 bits per heavy atom. The molecule has 0 spiro atoms. The minimum Gasteiger partial charge on any atom is -0.490 e. The number of esters is 2. The van der Waals surface area contributed by atoms with E-state index in [1.165, 1.54) is 38.1 Å². The van der Waals surface area contributed by atoms with Crippen LogP contribution in [0.25, 0.3) is 0 Å². The lowest BCUT2D eigenvalue weighted by Crippen LogP contribution is -2.32. The van der Waals surface area contributed by atoms with Crippen molar-refractivity contribution in [2.45, 2.75) is 42.8 Å². The summed E-state index contributed by atoms with van der Waals surface area (Å²) in [7, 11) is -7.56. The van der Waals surface area contributed by atoms with Crippen LogP contribution in [0.1, 0.15) is 20.8 Å². The first-order valence-electron chi connectivity index (χ1n) is 11.4. The van der Waals surface area contributed by atoms with E-state index in [4.69, 9.17) is 53.8 Å². The summed E-state index contributed by atoms with van der Waals surface area (Å²) in [5.41, 5.74) is 0. The fourth-order valence-electron chi connectivity index (χ4n) is 3.14. The molecule has 0 radical (unpaired) electrons. The molecule has 39 heavy (non-hydrogen) atoms. The Kier molecular flexibility index (Phi) is 12.2. The number of hydrogen-bond donors (Lipinski definition) is 0. The Morgan fingerprint density at radius 1 is 0.821 bits per heavy atom. The molecule has 0 bridgehead atoms. The van der Waals surface area contributed by atoms with Gasteiger partial charge in [-0.1, -0.05) is 30.1 Å². The Balaban J connectivity index is 2.19. The lowest BCUT2D eigenvalue weighted by Gasteiger charge is -2.19. The largest absolute Gasteiger partial charge is 0.490 e. The number of alkyl halides is 1. The average molecular weight is 646 g/mol. The molecule has 2 atom stereocenters. The molecule has 0 saturated carbocycles. The number of rotatable bonds is 14. The summed E-state index contributed by atoms with van der Waals surface area (Å²) in [6.07, 6.45) is -1.80. The van der Waals surface area contributed by atoms with Gasteiger partial charge in [-0.2, -0.15) is 0 Å². The molecule has 0 aromatic heterocycles. The van der Waals surface area contributed by atoms with E-state index in [0.29, 0.717) is 5.75 Å². The maximum Gasteiger partial charge on any atom is 0.303 e. The van der Waals surface area contributed by atoms with E-state index in [-0.39, 0.29) is 50.4 Å². The molecule has 216 valence electrons. The SMILES string of the molecule is CCS(=O)(=O)C[C@H](COc1c(Cl)cc(S(=O)(=O)c2ccc(OC[C@@H](CCl)OC(C)=O)cc2)cc1Cl)OC(C)=O. The molecule has 2 aromatic rings. The van der Waals surface area contributed by atoms with Gasteiger partial charge in [-0.05, 0) is 36.4 Å². The second kappa shape index (κ2) is 14.4. The Morgan fingerprint density at radius 3 is 1.82 bits per heavy atom. The van der Waals surface area contributed by atoms with Crippen LogP contribution in [0.5, 0.6) is 11.5 Å². The highest BCUT2D eigenvalue weighted by molar-refractivity contribution is 7.91. The molecule has 15 heteroatoms. The van der Waals surface area contributed by atoms with E-state index in [0.717, 1.165) is 19.1 Å². The van der Waals surface area contributed by atoms with Gasteiger partial charge >= 0.3 is 11.9 Å². The number of carbonyl (C=O) groups is 2. The summed E-state index contributed by atoms with van der Waals surface area (Å²) in [6.45, 7) is 3.43. The van der Waals surface area contributed by atoms with Gasteiger partial charge in [-0.25, -0.2) is 16.8 Å². The quantitative estimate of drug-likeness (QED) is 0.218. The van der Waals surface area contributed by atoms with Crippen molar-refractivity contribution in [2.24, 2.45) is 0 Å². The standard InChI is InChI=1S/C24H27Cl3O10S2/c1-4-38(30,31)14-19(37-16(3)29)13-35-24-22(26)9-21(10-23(24)27)39(32,33)20-7-5-17(6-8-20)34-12-18(11-25)36-15(2)28/h5-10,18-19H,4,11-14H2,1-3H3/t18-,19+/m1/s1. The van der Waals surface area contributed by atoms with Crippen LogP contribution in [0.15, 0.2) is 46.2 Å². The fourth-order valence-corrected chi connectivity index (χ4v) is 6.30. The van der Waals surface area contributed by atoms with Crippen molar-refractivity contribution in [3.63, 3.8) is 0 Å². The van der Waals surface area contributed by atoms with E-state index in [9.17, 15) is 26.4 Å². The Bertz CT molecular complexity index is 1350. The number of ether oxygens (including phenoxy) is 4. The van der Waals surface area contributed by atoms with E-state index in [1.807, 2.05) is 0 Å². The minimum absolute atomic E-state index is 0.0233. The van der Waals surface area contributed by atoms with Gasteiger partial charge < -0.3 is 18.9 Å². The van der Waals surface area contributed by atoms with Crippen molar-refractivity contribution in [3.05, 3.63) is 46.4 Å². The van der Waals surface area contributed by atoms with E-state index >= 15 is 0 Å². The normalized spacial score (nSPS) is 13.3. The molecule has 0 aliphatic rings. The third kappa shape index (κ3) is 10.0. The first-order valence-corrected chi connectivity index (χ1v) is 16.0. The molecular weight excluding hydrogens is 619 g/mol. The highest BCUT2D eigenvalue weighted by Crippen LogP contribution is 2.37. The number of carbonyl (C=O) groups excluding carboxylic acids is 2. The van der Waals surface area contributed by atoms with Crippen LogP contribution in [-0.4, -0.2) is 71.6 Å². The van der Waals surface area contributed by atoms with Gasteiger partial charge in [0.1, 0.15) is 31.2 Å². The smallest absolute Gasteiger partial charge is 0.303 e. The van der Waals surface area contributed by atoms with Gasteiger partial charge in [0.05, 0.1) is 31.5 Å². The predicted molar refractivity (Wildman–Crippen MR) is 146 cm³/mol. The van der Waals surface area contributed by atoms with Crippen molar-refractivity contribution in [2.75, 3.05) is 30.6 Å². The highest BCUT2D eigenvalue weighted by Gasteiger charge is 2.25. The summed E-state index contributed by atoms with van der Waals surface area (Å²) in [5, 5.41) is -0.308. The zero-order valence-corrected chi connectivity index (χ0v) is 25.1. The van der Waals surface area contributed by atoms with Crippen LogP contribution in [0.2, 0.25) is 10.0 Å². The lowest BCUT2D eigenvalue weighted by atomic mass is 10.3. The first kappa shape index (κ1) is 33.0. The highest BCUT2D eigenvalue weighted by atomic mass is 35.5. The molecule has 10 nitrogen and oxygen atoms in total. The number of halogens is 3. The number of sulfone groups is 2. The molecule has 0 aliphatic heterocycles. The number of benzene rings is 2. The fraction of sp³-hybridized carbons (Fsp3) is 0.417. The van der Waals surface area contributed by atoms with Crippen molar-refractivity contribution >= 4 is 66.4 Å². The lowest BCUT2D eigenvalue weighted by molar-refractivity contribution is -0.147. The minimum atomic E-state index is -4.06. The van der Waals surface area contributed by atoms with Crippen LogP contribution in [0.4, 0.5) is 0 Å². The Labute approximate surface area is 242 Å². The molecule has 0 aliphatic carbocycles. The molecule has 0 N–H and O–H groups in total. The molecule has 0 amide bonds. The monoisotopic (exact) mass is 644 g/mol. The molecule has 2 rings (SSSR count). The topological polar surface area (TPSA) is 139 Å². The number of hydrogen-bond acceptors (Lipinski definition) is 10.